The predicted octanol–water partition coefficient (Wildman–Crippen LogP) is 0.289. The molecule has 1 heterocycles. The van der Waals surface area contributed by atoms with Gasteiger partial charge in [-0.25, -0.2) is 0 Å². The van der Waals surface area contributed by atoms with Gasteiger partial charge in [0.2, 0.25) is 0 Å². The van der Waals surface area contributed by atoms with Crippen LogP contribution in [0.2, 0.25) is 0 Å². The van der Waals surface area contributed by atoms with Gasteiger partial charge < -0.3 is 5.73 Å². The molecule has 0 amide bonds. The fourth-order valence-corrected chi connectivity index (χ4v) is 0.661. The van der Waals surface area contributed by atoms with Crippen molar-refractivity contribution in [1.82, 2.24) is 4.98 Å². The first kappa shape index (κ1) is 7.40. The van der Waals surface area contributed by atoms with E-state index in [2.05, 4.69) is 4.98 Å². The Bertz CT molecular complexity index is 296. The molecule has 1 rings (SSSR count). The summed E-state index contributed by atoms with van der Waals surface area (Å²) in [4.78, 5) is 24.0. The molecule has 56 valence electrons. The van der Waals surface area contributed by atoms with Crippen molar-refractivity contribution in [3.8, 4) is 0 Å². The topological polar surface area (TPSA) is 73.1 Å². The smallest absolute Gasteiger partial charge is 0.168 e. The number of anilines is 1. The van der Waals surface area contributed by atoms with Crippen LogP contribution in [0, 0.1) is 0 Å². The van der Waals surface area contributed by atoms with Crippen LogP contribution in [-0.2, 0) is 0 Å². The predicted molar refractivity (Wildman–Crippen MR) is 39.4 cm³/mol. The molecule has 4 heteroatoms. The zero-order chi connectivity index (χ0) is 8.27. The summed E-state index contributed by atoms with van der Waals surface area (Å²) in [6.45, 7) is 0. The molecular formula is C7H6N2O2. The number of rotatable bonds is 2. The van der Waals surface area contributed by atoms with Gasteiger partial charge in [0.15, 0.2) is 12.6 Å². The quantitative estimate of drug-likeness (QED) is 0.615. The number of carbonyl (C=O) groups excluding carboxylic acids is 2. The van der Waals surface area contributed by atoms with Crippen molar-refractivity contribution < 1.29 is 9.59 Å². The Hall–Kier alpha value is -1.71. The molecule has 0 bridgehead atoms. The van der Waals surface area contributed by atoms with Gasteiger partial charge in [-0.2, -0.15) is 0 Å². The summed E-state index contributed by atoms with van der Waals surface area (Å²) in [5.74, 6) is 0. The number of nitrogen functional groups attached to an aromatic ring is 1. The molecule has 0 aliphatic carbocycles. The van der Waals surface area contributed by atoms with Gasteiger partial charge in [0.1, 0.15) is 5.69 Å². The molecule has 0 aliphatic rings. The first-order valence-electron chi connectivity index (χ1n) is 2.94. The summed E-state index contributed by atoms with van der Waals surface area (Å²) in [5.41, 5.74) is 6.18. The van der Waals surface area contributed by atoms with Gasteiger partial charge in [0.05, 0.1) is 5.56 Å². The van der Waals surface area contributed by atoms with Crippen molar-refractivity contribution >= 4 is 18.3 Å². The first-order valence-corrected chi connectivity index (χ1v) is 2.94. The summed E-state index contributed by atoms with van der Waals surface area (Å²) in [7, 11) is 0. The Kier molecular flexibility index (Phi) is 1.96. The van der Waals surface area contributed by atoms with E-state index in [0.717, 1.165) is 0 Å². The minimum absolute atomic E-state index is 0.230. The summed E-state index contributed by atoms with van der Waals surface area (Å²) in [6.07, 6.45) is 2.44. The molecule has 1 aromatic heterocycles. The normalized spacial score (nSPS) is 9.09. The second-order valence-electron chi connectivity index (χ2n) is 1.97. The van der Waals surface area contributed by atoms with Crippen molar-refractivity contribution in [1.29, 1.82) is 0 Å². The minimum atomic E-state index is 0.230. The fourth-order valence-electron chi connectivity index (χ4n) is 0.661. The number of hydrogen-bond acceptors (Lipinski definition) is 4. The molecule has 0 unspecified atom stereocenters. The maximum absolute atomic E-state index is 10.2. The van der Waals surface area contributed by atoms with Crippen LogP contribution in [0.25, 0.3) is 0 Å². The SMILES string of the molecule is Nc1cc(C=O)ncc1C=O. The van der Waals surface area contributed by atoms with E-state index in [4.69, 9.17) is 5.73 Å². The van der Waals surface area contributed by atoms with Crippen LogP contribution in [0.15, 0.2) is 12.3 Å². The summed E-state index contributed by atoms with van der Waals surface area (Å²) in [5, 5.41) is 0. The lowest BCUT2D eigenvalue weighted by Gasteiger charge is -1.96. The van der Waals surface area contributed by atoms with Crippen LogP contribution in [0.4, 0.5) is 5.69 Å². The number of pyridine rings is 1. The lowest BCUT2D eigenvalue weighted by atomic mass is 10.2. The molecule has 2 N–H and O–H groups in total. The van der Waals surface area contributed by atoms with Gasteiger partial charge in [-0.1, -0.05) is 0 Å². The van der Waals surface area contributed by atoms with Gasteiger partial charge >= 0.3 is 0 Å². The molecule has 0 aliphatic heterocycles. The lowest BCUT2D eigenvalue weighted by molar-refractivity contribution is 0.111. The highest BCUT2D eigenvalue weighted by Gasteiger charge is 1.98. The molecular weight excluding hydrogens is 144 g/mol. The second-order valence-corrected chi connectivity index (χ2v) is 1.97. The van der Waals surface area contributed by atoms with Gasteiger partial charge in [0.25, 0.3) is 0 Å². The van der Waals surface area contributed by atoms with E-state index >= 15 is 0 Å². The maximum Gasteiger partial charge on any atom is 0.168 e. The molecule has 0 spiro atoms. The number of nitrogens with zero attached hydrogens (tertiary/aromatic N) is 1. The molecule has 0 saturated carbocycles. The molecule has 0 fully saturated rings. The van der Waals surface area contributed by atoms with Crippen LogP contribution >= 0.6 is 0 Å². The highest BCUT2D eigenvalue weighted by atomic mass is 16.1. The largest absolute Gasteiger partial charge is 0.398 e. The van der Waals surface area contributed by atoms with E-state index in [1.54, 1.807) is 0 Å². The Balaban J connectivity index is 3.18. The third-order valence-electron chi connectivity index (χ3n) is 1.24. The summed E-state index contributed by atoms with van der Waals surface area (Å²) >= 11 is 0. The Morgan fingerprint density at radius 3 is 2.55 bits per heavy atom. The third kappa shape index (κ3) is 1.40. The molecule has 0 aromatic carbocycles. The Labute approximate surface area is 63.0 Å². The Morgan fingerprint density at radius 1 is 1.36 bits per heavy atom. The zero-order valence-corrected chi connectivity index (χ0v) is 5.65. The highest BCUT2D eigenvalue weighted by molar-refractivity contribution is 5.85. The standard InChI is InChI=1S/C7H6N2O2/c8-7-1-6(4-11)9-2-5(7)3-10/h1-4H,(H2,8,9). The van der Waals surface area contributed by atoms with Gasteiger partial charge in [-0.15, -0.1) is 0 Å². The van der Waals surface area contributed by atoms with Crippen LogP contribution < -0.4 is 5.73 Å². The van der Waals surface area contributed by atoms with Gasteiger partial charge in [0, 0.05) is 11.9 Å². The number of carbonyl (C=O) groups is 2. The summed E-state index contributed by atoms with van der Waals surface area (Å²) in [6, 6.07) is 1.36. The van der Waals surface area contributed by atoms with Crippen molar-refractivity contribution in [3.63, 3.8) is 0 Å². The number of hydrogen-bond donors (Lipinski definition) is 1. The average Bonchev–Trinajstić information content (AvgIpc) is 2.04. The number of aromatic nitrogens is 1. The van der Waals surface area contributed by atoms with Gasteiger partial charge in [-0.05, 0) is 6.07 Å². The molecule has 4 nitrogen and oxygen atoms in total. The summed E-state index contributed by atoms with van der Waals surface area (Å²) < 4.78 is 0. The first-order chi connectivity index (χ1) is 5.27. The Morgan fingerprint density at radius 2 is 2.09 bits per heavy atom. The maximum atomic E-state index is 10.2. The van der Waals surface area contributed by atoms with Crippen LogP contribution in [-0.4, -0.2) is 17.6 Å². The van der Waals surface area contributed by atoms with Gasteiger partial charge in [-0.3, -0.25) is 14.6 Å². The average molecular weight is 150 g/mol. The van der Waals surface area contributed by atoms with E-state index in [9.17, 15) is 9.59 Å². The van der Waals surface area contributed by atoms with Crippen LogP contribution in [0.1, 0.15) is 20.8 Å². The monoisotopic (exact) mass is 150 g/mol. The number of aldehydes is 2. The molecule has 0 atom stereocenters. The van der Waals surface area contributed by atoms with E-state index in [-0.39, 0.29) is 11.4 Å². The van der Waals surface area contributed by atoms with Crippen molar-refractivity contribution in [2.24, 2.45) is 0 Å². The fraction of sp³-hybridized carbons (Fsp3) is 0. The van der Waals surface area contributed by atoms with Crippen LogP contribution in [0.5, 0.6) is 0 Å². The number of nitrogens with two attached hydrogens (primary N) is 1. The molecule has 0 saturated heterocycles. The minimum Gasteiger partial charge on any atom is -0.398 e. The molecule has 11 heavy (non-hydrogen) atoms. The van der Waals surface area contributed by atoms with Crippen LogP contribution in [0.3, 0.4) is 0 Å². The van der Waals surface area contributed by atoms with E-state index in [0.29, 0.717) is 18.1 Å². The van der Waals surface area contributed by atoms with Crippen molar-refractivity contribution in [2.45, 2.75) is 0 Å². The highest BCUT2D eigenvalue weighted by Crippen LogP contribution is 2.07. The van der Waals surface area contributed by atoms with E-state index in [1.807, 2.05) is 0 Å². The third-order valence-corrected chi connectivity index (χ3v) is 1.24. The molecule has 0 radical (unpaired) electrons. The lowest BCUT2D eigenvalue weighted by Crippen LogP contribution is -1.96. The van der Waals surface area contributed by atoms with Crippen molar-refractivity contribution in [3.05, 3.63) is 23.5 Å². The second kappa shape index (κ2) is 2.92. The molecule has 1 aromatic rings. The zero-order valence-electron chi connectivity index (χ0n) is 5.65. The van der Waals surface area contributed by atoms with E-state index in [1.165, 1.54) is 12.3 Å². The van der Waals surface area contributed by atoms with E-state index < -0.39 is 0 Å². The van der Waals surface area contributed by atoms with Crippen molar-refractivity contribution in [2.75, 3.05) is 5.73 Å².